The summed E-state index contributed by atoms with van der Waals surface area (Å²) in [5.74, 6) is 0.939. The third-order valence-electron chi connectivity index (χ3n) is 3.00. The standard InChI is InChI=1S/C14H14ClN3O3/c1-9(10-3-5-12(21-2)6-4-10)17-14-13(18(19)20)7-11(15)8-16-14/h3-9H,1-2H3,(H,16,17). The highest BCUT2D eigenvalue weighted by Gasteiger charge is 2.18. The van der Waals surface area contributed by atoms with E-state index in [0.29, 0.717) is 0 Å². The van der Waals surface area contributed by atoms with Crippen LogP contribution in [0.4, 0.5) is 11.5 Å². The Hall–Kier alpha value is -2.34. The Morgan fingerprint density at radius 3 is 2.62 bits per heavy atom. The van der Waals surface area contributed by atoms with Gasteiger partial charge in [0.05, 0.1) is 23.1 Å². The van der Waals surface area contributed by atoms with Crippen LogP contribution in [0.1, 0.15) is 18.5 Å². The van der Waals surface area contributed by atoms with Gasteiger partial charge in [0.1, 0.15) is 5.75 Å². The lowest BCUT2D eigenvalue weighted by Crippen LogP contribution is -2.09. The fourth-order valence-electron chi connectivity index (χ4n) is 1.86. The number of rotatable bonds is 5. The number of anilines is 1. The number of nitrogens with one attached hydrogen (secondary N) is 1. The first kappa shape index (κ1) is 15.1. The summed E-state index contributed by atoms with van der Waals surface area (Å²) in [4.78, 5) is 14.5. The van der Waals surface area contributed by atoms with Crippen molar-refractivity contribution in [3.8, 4) is 5.75 Å². The van der Waals surface area contributed by atoms with E-state index in [9.17, 15) is 10.1 Å². The summed E-state index contributed by atoms with van der Waals surface area (Å²) in [5, 5.41) is 14.3. The molecular formula is C14H14ClN3O3. The van der Waals surface area contributed by atoms with Gasteiger partial charge in [-0.15, -0.1) is 0 Å². The van der Waals surface area contributed by atoms with Crippen molar-refractivity contribution in [1.29, 1.82) is 0 Å². The molecule has 0 bridgehead atoms. The molecule has 110 valence electrons. The maximum Gasteiger partial charge on any atom is 0.312 e. The van der Waals surface area contributed by atoms with E-state index in [4.69, 9.17) is 16.3 Å². The van der Waals surface area contributed by atoms with Gasteiger partial charge >= 0.3 is 5.69 Å². The summed E-state index contributed by atoms with van der Waals surface area (Å²) in [7, 11) is 1.59. The van der Waals surface area contributed by atoms with Gasteiger partial charge in [-0.1, -0.05) is 23.7 Å². The Kier molecular flexibility index (Phi) is 4.59. The molecule has 0 aliphatic carbocycles. The first-order chi connectivity index (χ1) is 10.0. The van der Waals surface area contributed by atoms with Gasteiger partial charge in [0.15, 0.2) is 0 Å². The van der Waals surface area contributed by atoms with Gasteiger partial charge in [-0.25, -0.2) is 4.98 Å². The summed E-state index contributed by atoms with van der Waals surface area (Å²) in [6.07, 6.45) is 1.37. The van der Waals surface area contributed by atoms with Crippen LogP contribution in [0.15, 0.2) is 36.5 Å². The molecule has 21 heavy (non-hydrogen) atoms. The Balaban J connectivity index is 2.22. The normalized spacial score (nSPS) is 11.8. The van der Waals surface area contributed by atoms with Crippen molar-refractivity contribution in [3.05, 3.63) is 57.2 Å². The number of pyridine rings is 1. The molecule has 1 N–H and O–H groups in total. The molecule has 0 aliphatic heterocycles. The molecule has 0 saturated carbocycles. The van der Waals surface area contributed by atoms with Crippen LogP contribution in [0.2, 0.25) is 5.02 Å². The van der Waals surface area contributed by atoms with Crippen LogP contribution in [0.3, 0.4) is 0 Å². The number of hydrogen-bond acceptors (Lipinski definition) is 5. The largest absolute Gasteiger partial charge is 0.497 e. The molecule has 0 radical (unpaired) electrons. The molecule has 1 heterocycles. The van der Waals surface area contributed by atoms with Crippen molar-refractivity contribution in [2.45, 2.75) is 13.0 Å². The van der Waals surface area contributed by atoms with Crippen LogP contribution in [-0.4, -0.2) is 17.0 Å². The molecule has 0 aliphatic rings. The van der Waals surface area contributed by atoms with Crippen molar-refractivity contribution in [2.75, 3.05) is 12.4 Å². The molecule has 1 aromatic heterocycles. The average molecular weight is 308 g/mol. The molecule has 1 unspecified atom stereocenters. The molecule has 2 aromatic rings. The third-order valence-corrected chi connectivity index (χ3v) is 3.21. The predicted octanol–water partition coefficient (Wildman–Crippen LogP) is 3.82. The van der Waals surface area contributed by atoms with E-state index in [0.717, 1.165) is 11.3 Å². The topological polar surface area (TPSA) is 77.3 Å². The highest BCUT2D eigenvalue weighted by atomic mass is 35.5. The van der Waals surface area contributed by atoms with E-state index in [2.05, 4.69) is 10.3 Å². The molecule has 6 nitrogen and oxygen atoms in total. The molecule has 1 atom stereocenters. The van der Waals surface area contributed by atoms with Crippen molar-refractivity contribution < 1.29 is 9.66 Å². The van der Waals surface area contributed by atoms with Gasteiger partial charge in [-0.05, 0) is 24.6 Å². The molecular weight excluding hydrogens is 294 g/mol. The van der Waals surface area contributed by atoms with Gasteiger partial charge in [-0.2, -0.15) is 0 Å². The zero-order valence-electron chi connectivity index (χ0n) is 11.5. The fourth-order valence-corrected chi connectivity index (χ4v) is 2.01. The first-order valence-corrected chi connectivity index (χ1v) is 6.59. The second-order valence-electron chi connectivity index (χ2n) is 4.42. The second kappa shape index (κ2) is 6.41. The minimum Gasteiger partial charge on any atom is -0.497 e. The van der Waals surface area contributed by atoms with Crippen LogP contribution in [0, 0.1) is 10.1 Å². The Morgan fingerprint density at radius 2 is 2.05 bits per heavy atom. The van der Waals surface area contributed by atoms with Crippen molar-refractivity contribution in [1.82, 2.24) is 4.98 Å². The lowest BCUT2D eigenvalue weighted by Gasteiger charge is -2.15. The number of nitro groups is 1. The van der Waals surface area contributed by atoms with Crippen molar-refractivity contribution in [3.63, 3.8) is 0 Å². The Bertz CT molecular complexity index is 646. The van der Waals surface area contributed by atoms with Gasteiger partial charge in [0.25, 0.3) is 0 Å². The quantitative estimate of drug-likeness (QED) is 0.671. The number of methoxy groups -OCH3 is 1. The van der Waals surface area contributed by atoms with Gasteiger partial charge in [0.2, 0.25) is 5.82 Å². The molecule has 7 heteroatoms. The third kappa shape index (κ3) is 3.61. The zero-order chi connectivity index (χ0) is 15.4. The average Bonchev–Trinajstić information content (AvgIpc) is 2.49. The number of halogens is 1. The van der Waals surface area contributed by atoms with Crippen LogP contribution < -0.4 is 10.1 Å². The number of nitrogens with zero attached hydrogens (tertiary/aromatic N) is 2. The zero-order valence-corrected chi connectivity index (χ0v) is 12.3. The van der Waals surface area contributed by atoms with E-state index in [1.165, 1.54) is 12.3 Å². The molecule has 1 aromatic carbocycles. The van der Waals surface area contributed by atoms with Gasteiger partial charge < -0.3 is 10.1 Å². The van der Waals surface area contributed by atoms with Crippen LogP contribution in [0.5, 0.6) is 5.75 Å². The minimum absolute atomic E-state index is 0.150. The fraction of sp³-hybridized carbons (Fsp3) is 0.214. The summed E-state index contributed by atoms with van der Waals surface area (Å²) < 4.78 is 5.09. The lowest BCUT2D eigenvalue weighted by atomic mass is 10.1. The number of benzene rings is 1. The molecule has 0 spiro atoms. The van der Waals surface area contributed by atoms with E-state index in [-0.39, 0.29) is 22.6 Å². The second-order valence-corrected chi connectivity index (χ2v) is 4.85. The van der Waals surface area contributed by atoms with Crippen molar-refractivity contribution in [2.24, 2.45) is 0 Å². The highest BCUT2D eigenvalue weighted by molar-refractivity contribution is 6.30. The van der Waals surface area contributed by atoms with Crippen LogP contribution in [0.25, 0.3) is 0 Å². The Morgan fingerprint density at radius 1 is 1.38 bits per heavy atom. The van der Waals surface area contributed by atoms with E-state index >= 15 is 0 Å². The van der Waals surface area contributed by atoms with Crippen LogP contribution in [-0.2, 0) is 0 Å². The summed E-state index contributed by atoms with van der Waals surface area (Å²) in [6.45, 7) is 1.89. The molecule has 0 fully saturated rings. The predicted molar refractivity (Wildman–Crippen MR) is 80.9 cm³/mol. The first-order valence-electron chi connectivity index (χ1n) is 6.21. The maximum absolute atomic E-state index is 11.0. The summed E-state index contributed by atoms with van der Waals surface area (Å²) in [6, 6.07) is 8.56. The molecule has 2 rings (SSSR count). The smallest absolute Gasteiger partial charge is 0.312 e. The van der Waals surface area contributed by atoms with E-state index in [1.807, 2.05) is 31.2 Å². The summed E-state index contributed by atoms with van der Waals surface area (Å²) >= 11 is 5.74. The lowest BCUT2D eigenvalue weighted by molar-refractivity contribution is -0.384. The Labute approximate surface area is 126 Å². The van der Waals surface area contributed by atoms with Crippen molar-refractivity contribution >= 4 is 23.1 Å². The number of aromatic nitrogens is 1. The summed E-state index contributed by atoms with van der Waals surface area (Å²) in [5.41, 5.74) is 0.810. The minimum atomic E-state index is -0.512. The van der Waals surface area contributed by atoms with Gasteiger partial charge in [-0.3, -0.25) is 10.1 Å². The molecule has 0 saturated heterocycles. The monoisotopic (exact) mass is 307 g/mol. The van der Waals surface area contributed by atoms with Crippen LogP contribution >= 0.6 is 11.6 Å². The number of ether oxygens (including phenoxy) is 1. The van der Waals surface area contributed by atoms with E-state index < -0.39 is 4.92 Å². The molecule has 0 amide bonds. The van der Waals surface area contributed by atoms with E-state index in [1.54, 1.807) is 7.11 Å². The maximum atomic E-state index is 11.0. The highest BCUT2D eigenvalue weighted by Crippen LogP contribution is 2.28. The SMILES string of the molecule is COc1ccc(C(C)Nc2ncc(Cl)cc2[N+](=O)[O-])cc1. The number of hydrogen-bond donors (Lipinski definition) is 1. The van der Waals surface area contributed by atoms with Gasteiger partial charge in [0, 0.05) is 12.3 Å².